The quantitative estimate of drug-likeness (QED) is 0.453. The Hall–Kier alpha value is -2.32. The second-order valence-electron chi connectivity index (χ2n) is 4.97. The predicted molar refractivity (Wildman–Crippen MR) is 85.5 cm³/mol. The molecular formula is C15H17N3O4S. The van der Waals surface area contributed by atoms with E-state index in [0.717, 1.165) is 24.5 Å². The fraction of sp³-hybridized carbons (Fsp3) is 0.267. The molecule has 0 unspecified atom stereocenters. The molecule has 0 radical (unpaired) electrons. The Labute approximate surface area is 134 Å². The molecule has 0 aliphatic heterocycles. The fourth-order valence-electron chi connectivity index (χ4n) is 2.05. The highest BCUT2D eigenvalue weighted by Crippen LogP contribution is 2.17. The Morgan fingerprint density at radius 1 is 1.17 bits per heavy atom. The smallest absolute Gasteiger partial charge is 0.264 e. The van der Waals surface area contributed by atoms with E-state index >= 15 is 0 Å². The first-order valence-electron chi connectivity index (χ1n) is 7.12. The highest BCUT2D eigenvalue weighted by molar-refractivity contribution is 7.89. The molecule has 0 saturated carbocycles. The molecule has 0 fully saturated rings. The molecule has 2 rings (SSSR count). The summed E-state index contributed by atoms with van der Waals surface area (Å²) in [6.45, 7) is 0.283. The Kier molecular flexibility index (Phi) is 5.78. The number of benzene rings is 1. The van der Waals surface area contributed by atoms with E-state index in [0.29, 0.717) is 6.42 Å². The van der Waals surface area contributed by atoms with Gasteiger partial charge in [-0.2, -0.15) is 0 Å². The molecule has 7 nitrogen and oxygen atoms in total. The maximum Gasteiger partial charge on any atom is 0.270 e. The van der Waals surface area contributed by atoms with E-state index in [1.165, 1.54) is 18.2 Å². The monoisotopic (exact) mass is 335 g/mol. The second kappa shape index (κ2) is 7.80. The van der Waals surface area contributed by atoms with Crippen LogP contribution in [0.3, 0.4) is 0 Å². The Balaban J connectivity index is 1.84. The predicted octanol–water partition coefficient (Wildman–Crippen LogP) is 2.29. The summed E-state index contributed by atoms with van der Waals surface area (Å²) in [4.78, 5) is 14.0. The molecule has 1 heterocycles. The molecule has 1 aromatic carbocycles. The molecule has 0 spiro atoms. The first kappa shape index (κ1) is 17.0. The summed E-state index contributed by atoms with van der Waals surface area (Å²) >= 11 is 0. The average Bonchev–Trinajstić information content (AvgIpc) is 2.55. The van der Waals surface area contributed by atoms with Crippen LogP contribution in [0.2, 0.25) is 0 Å². The number of unbranched alkanes of at least 4 members (excludes halogenated alkanes) is 1. The lowest BCUT2D eigenvalue weighted by Crippen LogP contribution is -2.24. The molecule has 1 N–H and O–H groups in total. The molecule has 1 aromatic heterocycles. The third-order valence-corrected chi connectivity index (χ3v) is 4.70. The van der Waals surface area contributed by atoms with Gasteiger partial charge in [-0.1, -0.05) is 12.1 Å². The summed E-state index contributed by atoms with van der Waals surface area (Å²) in [6.07, 6.45) is 5.81. The van der Waals surface area contributed by atoms with Gasteiger partial charge in [-0.3, -0.25) is 15.1 Å². The summed E-state index contributed by atoms with van der Waals surface area (Å²) in [5.74, 6) is 0. The number of rotatable bonds is 8. The maximum atomic E-state index is 12.1. The zero-order valence-electron chi connectivity index (χ0n) is 12.4. The van der Waals surface area contributed by atoms with E-state index in [1.807, 2.05) is 12.1 Å². The topological polar surface area (TPSA) is 102 Å². The molecule has 0 saturated heterocycles. The normalized spacial score (nSPS) is 11.3. The number of hydrogen-bond acceptors (Lipinski definition) is 5. The molecule has 0 aliphatic rings. The van der Waals surface area contributed by atoms with Crippen molar-refractivity contribution in [2.24, 2.45) is 0 Å². The molecule has 0 aliphatic carbocycles. The number of aromatic nitrogens is 1. The zero-order valence-corrected chi connectivity index (χ0v) is 13.2. The number of nitrogens with one attached hydrogen (secondary N) is 1. The van der Waals surface area contributed by atoms with E-state index in [-0.39, 0.29) is 17.1 Å². The van der Waals surface area contributed by atoms with Gasteiger partial charge in [0.2, 0.25) is 10.0 Å². The van der Waals surface area contributed by atoms with Gasteiger partial charge in [-0.05, 0) is 37.0 Å². The van der Waals surface area contributed by atoms with Crippen molar-refractivity contribution in [1.82, 2.24) is 9.71 Å². The number of nitro benzene ring substituents is 1. The van der Waals surface area contributed by atoms with Crippen molar-refractivity contribution in [2.45, 2.75) is 24.2 Å². The van der Waals surface area contributed by atoms with E-state index in [9.17, 15) is 18.5 Å². The van der Waals surface area contributed by atoms with Crippen LogP contribution < -0.4 is 4.72 Å². The maximum absolute atomic E-state index is 12.1. The second-order valence-corrected chi connectivity index (χ2v) is 6.74. The van der Waals surface area contributed by atoms with Crippen LogP contribution in [-0.4, -0.2) is 24.9 Å². The molecule has 0 bridgehead atoms. The van der Waals surface area contributed by atoms with Crippen LogP contribution in [0, 0.1) is 10.1 Å². The SMILES string of the molecule is O=[N+]([O-])c1cccc(S(=O)(=O)NCCCCc2cccnc2)c1. The lowest BCUT2D eigenvalue weighted by Gasteiger charge is -2.06. The van der Waals surface area contributed by atoms with Crippen LogP contribution in [0.4, 0.5) is 5.69 Å². The summed E-state index contributed by atoms with van der Waals surface area (Å²) in [5.41, 5.74) is 0.860. The molecule has 2 aromatic rings. The number of sulfonamides is 1. The van der Waals surface area contributed by atoms with Crippen molar-refractivity contribution in [1.29, 1.82) is 0 Å². The number of aryl methyl sites for hydroxylation is 1. The fourth-order valence-corrected chi connectivity index (χ4v) is 3.17. The highest BCUT2D eigenvalue weighted by atomic mass is 32.2. The molecule has 122 valence electrons. The number of hydrogen-bond donors (Lipinski definition) is 1. The van der Waals surface area contributed by atoms with Crippen LogP contribution in [0.15, 0.2) is 53.7 Å². The first-order chi connectivity index (χ1) is 11.0. The first-order valence-corrected chi connectivity index (χ1v) is 8.60. The standard InChI is InChI=1S/C15H17N3O4S/c19-18(20)14-7-3-8-15(11-14)23(21,22)17-10-2-1-5-13-6-4-9-16-12-13/h3-4,6-9,11-12,17H,1-2,5,10H2. The van der Waals surface area contributed by atoms with Crippen molar-refractivity contribution in [2.75, 3.05) is 6.54 Å². The number of nitrogens with zero attached hydrogens (tertiary/aromatic N) is 2. The van der Waals surface area contributed by atoms with Gasteiger partial charge >= 0.3 is 0 Å². The minimum Gasteiger partial charge on any atom is -0.264 e. The van der Waals surface area contributed by atoms with Gasteiger partial charge in [0.1, 0.15) is 0 Å². The van der Waals surface area contributed by atoms with Gasteiger partial charge in [0.15, 0.2) is 0 Å². The van der Waals surface area contributed by atoms with Gasteiger partial charge in [-0.25, -0.2) is 13.1 Å². The summed E-state index contributed by atoms with van der Waals surface area (Å²) in [5, 5.41) is 10.7. The van der Waals surface area contributed by atoms with Crippen molar-refractivity contribution < 1.29 is 13.3 Å². The van der Waals surface area contributed by atoms with Gasteiger partial charge < -0.3 is 0 Å². The Morgan fingerprint density at radius 2 is 2.00 bits per heavy atom. The number of nitro groups is 1. The summed E-state index contributed by atoms with van der Waals surface area (Å²) < 4.78 is 26.7. The number of non-ortho nitro benzene ring substituents is 1. The Bertz CT molecular complexity index is 763. The minimum absolute atomic E-state index is 0.0982. The number of pyridine rings is 1. The zero-order chi connectivity index (χ0) is 16.7. The van der Waals surface area contributed by atoms with Crippen LogP contribution in [0.1, 0.15) is 18.4 Å². The molecule has 23 heavy (non-hydrogen) atoms. The van der Waals surface area contributed by atoms with Crippen LogP contribution >= 0.6 is 0 Å². The summed E-state index contributed by atoms with van der Waals surface area (Å²) in [7, 11) is -3.73. The van der Waals surface area contributed by atoms with Crippen molar-refractivity contribution >= 4 is 15.7 Å². The molecular weight excluding hydrogens is 318 g/mol. The van der Waals surface area contributed by atoms with E-state index in [1.54, 1.807) is 12.4 Å². The van der Waals surface area contributed by atoms with Crippen LogP contribution in [0.5, 0.6) is 0 Å². The molecule has 0 atom stereocenters. The molecule has 0 amide bonds. The lowest BCUT2D eigenvalue weighted by molar-refractivity contribution is -0.385. The van der Waals surface area contributed by atoms with Crippen LogP contribution in [0.25, 0.3) is 0 Å². The van der Waals surface area contributed by atoms with Crippen molar-refractivity contribution in [3.63, 3.8) is 0 Å². The largest absolute Gasteiger partial charge is 0.270 e. The van der Waals surface area contributed by atoms with Crippen LogP contribution in [-0.2, 0) is 16.4 Å². The van der Waals surface area contributed by atoms with Gasteiger partial charge in [0.25, 0.3) is 5.69 Å². The third-order valence-electron chi connectivity index (χ3n) is 3.25. The van der Waals surface area contributed by atoms with Gasteiger partial charge in [0, 0.05) is 31.1 Å². The van der Waals surface area contributed by atoms with Crippen molar-refractivity contribution in [3.05, 3.63) is 64.5 Å². The van der Waals surface area contributed by atoms with E-state index in [2.05, 4.69) is 9.71 Å². The van der Waals surface area contributed by atoms with E-state index < -0.39 is 14.9 Å². The van der Waals surface area contributed by atoms with Gasteiger partial charge in [-0.15, -0.1) is 0 Å². The van der Waals surface area contributed by atoms with Crippen molar-refractivity contribution in [3.8, 4) is 0 Å². The van der Waals surface area contributed by atoms with Gasteiger partial charge in [0.05, 0.1) is 9.82 Å². The lowest BCUT2D eigenvalue weighted by atomic mass is 10.1. The summed E-state index contributed by atoms with van der Waals surface area (Å²) in [6, 6.07) is 8.84. The molecule has 8 heteroatoms. The Morgan fingerprint density at radius 3 is 2.70 bits per heavy atom. The van der Waals surface area contributed by atoms with E-state index in [4.69, 9.17) is 0 Å². The minimum atomic E-state index is -3.73. The highest BCUT2D eigenvalue weighted by Gasteiger charge is 2.16. The third kappa shape index (κ3) is 5.11. The average molecular weight is 335 g/mol.